The van der Waals surface area contributed by atoms with Gasteiger partial charge >= 0.3 is 0 Å². The highest BCUT2D eigenvalue weighted by atomic mass is 32.2. The van der Waals surface area contributed by atoms with Crippen LogP contribution in [0.5, 0.6) is 0 Å². The van der Waals surface area contributed by atoms with E-state index in [-0.39, 0.29) is 18.5 Å². The largest absolute Gasteiger partial charge is 0.352 e. The highest BCUT2D eigenvalue weighted by Crippen LogP contribution is 2.21. The average molecular weight is 536 g/mol. The predicted molar refractivity (Wildman–Crippen MR) is 152 cm³/mol. The van der Waals surface area contributed by atoms with Crippen LogP contribution in [0.3, 0.4) is 0 Å². The monoisotopic (exact) mass is 535 g/mol. The molecule has 0 radical (unpaired) electrons. The molecule has 0 saturated carbocycles. The van der Waals surface area contributed by atoms with Crippen LogP contribution in [-0.4, -0.2) is 50.0 Å². The van der Waals surface area contributed by atoms with Crippen molar-refractivity contribution in [3.63, 3.8) is 0 Å². The Bertz CT molecular complexity index is 1300. The third-order valence-corrected chi connectivity index (χ3v) is 7.61. The first-order chi connectivity index (χ1) is 18.1. The highest BCUT2D eigenvalue weighted by molar-refractivity contribution is 7.92. The summed E-state index contributed by atoms with van der Waals surface area (Å²) in [6.45, 7) is 5.55. The van der Waals surface area contributed by atoms with Crippen LogP contribution in [-0.2, 0) is 32.6 Å². The number of hydrogen-bond acceptors (Lipinski definition) is 4. The van der Waals surface area contributed by atoms with Gasteiger partial charge in [0.2, 0.25) is 21.8 Å². The lowest BCUT2D eigenvalue weighted by Gasteiger charge is -2.34. The number of anilines is 1. The smallest absolute Gasteiger partial charge is 0.244 e. The van der Waals surface area contributed by atoms with Gasteiger partial charge in [-0.25, -0.2) is 8.42 Å². The molecule has 3 aromatic carbocycles. The molecule has 8 heteroatoms. The number of carbonyl (C=O) groups excluding carboxylic acids is 2. The van der Waals surface area contributed by atoms with Crippen molar-refractivity contribution in [2.45, 2.75) is 52.2 Å². The molecule has 202 valence electrons. The van der Waals surface area contributed by atoms with Crippen molar-refractivity contribution in [1.82, 2.24) is 10.2 Å². The summed E-state index contributed by atoms with van der Waals surface area (Å²) in [7, 11) is -3.77. The van der Waals surface area contributed by atoms with Crippen molar-refractivity contribution < 1.29 is 18.0 Å². The molecule has 0 unspecified atom stereocenters. The summed E-state index contributed by atoms with van der Waals surface area (Å²) in [6, 6.07) is 25.0. The van der Waals surface area contributed by atoms with Crippen molar-refractivity contribution >= 4 is 27.5 Å². The van der Waals surface area contributed by atoms with Crippen LogP contribution >= 0.6 is 0 Å². The number of nitrogens with zero attached hydrogens (tertiary/aromatic N) is 2. The lowest BCUT2D eigenvalue weighted by Crippen LogP contribution is -2.54. The summed E-state index contributed by atoms with van der Waals surface area (Å²) in [5.41, 5.74) is 3.12. The Balaban J connectivity index is 2.03. The molecule has 0 bridgehead atoms. The molecule has 0 aliphatic rings. The molecule has 0 spiro atoms. The Morgan fingerprint density at radius 1 is 0.868 bits per heavy atom. The molecule has 2 atom stereocenters. The van der Waals surface area contributed by atoms with Gasteiger partial charge in [0.15, 0.2) is 0 Å². The molecule has 38 heavy (non-hydrogen) atoms. The van der Waals surface area contributed by atoms with Crippen LogP contribution in [0.2, 0.25) is 0 Å². The lowest BCUT2D eigenvalue weighted by molar-refractivity contribution is -0.140. The molecule has 2 amide bonds. The summed E-state index contributed by atoms with van der Waals surface area (Å²) in [6.07, 6.45) is 2.12. The minimum Gasteiger partial charge on any atom is -0.352 e. The van der Waals surface area contributed by atoms with E-state index in [1.165, 1.54) is 4.90 Å². The zero-order chi connectivity index (χ0) is 27.7. The van der Waals surface area contributed by atoms with Crippen molar-refractivity contribution in [2.75, 3.05) is 17.1 Å². The predicted octanol–water partition coefficient (Wildman–Crippen LogP) is 4.32. The fourth-order valence-corrected chi connectivity index (χ4v) is 4.95. The first-order valence-corrected chi connectivity index (χ1v) is 14.7. The molecule has 0 aromatic heterocycles. The third-order valence-electron chi connectivity index (χ3n) is 6.47. The van der Waals surface area contributed by atoms with Crippen molar-refractivity contribution in [3.8, 4) is 0 Å². The molecule has 0 aliphatic heterocycles. The Morgan fingerprint density at radius 2 is 1.42 bits per heavy atom. The van der Waals surface area contributed by atoms with E-state index in [0.717, 1.165) is 33.7 Å². The fourth-order valence-electron chi connectivity index (χ4n) is 4.10. The second kappa shape index (κ2) is 13.2. The Kier molecular flexibility index (Phi) is 10.1. The van der Waals surface area contributed by atoms with E-state index >= 15 is 0 Å². The van der Waals surface area contributed by atoms with Crippen molar-refractivity contribution in [3.05, 3.63) is 102 Å². The number of sulfonamides is 1. The molecule has 0 fully saturated rings. The molecule has 7 nitrogen and oxygen atoms in total. The van der Waals surface area contributed by atoms with Crippen LogP contribution in [0.15, 0.2) is 84.9 Å². The second-order valence-corrected chi connectivity index (χ2v) is 11.5. The van der Waals surface area contributed by atoms with Crippen LogP contribution in [0, 0.1) is 6.92 Å². The van der Waals surface area contributed by atoms with Gasteiger partial charge in [-0.1, -0.05) is 85.3 Å². The first-order valence-electron chi connectivity index (χ1n) is 12.8. The molecule has 1 N–H and O–H groups in total. The van der Waals surface area contributed by atoms with Crippen LogP contribution in [0.4, 0.5) is 5.69 Å². The summed E-state index contributed by atoms with van der Waals surface area (Å²) in [4.78, 5) is 29.1. The number of amides is 2. The normalized spacial score (nSPS) is 12.8. The maximum Gasteiger partial charge on any atom is 0.244 e. The first kappa shape index (κ1) is 28.9. The SMILES string of the molecule is CC[C@@H](C)NC(=O)[C@@H](Cc1ccccc1)N(Cc1ccccc1)C(=O)CN(c1ccc(C)cc1)S(C)(=O)=O. The maximum atomic E-state index is 14.0. The fraction of sp³-hybridized carbons (Fsp3) is 0.333. The zero-order valence-electron chi connectivity index (χ0n) is 22.5. The molecule has 3 rings (SSSR count). The number of hydrogen-bond donors (Lipinski definition) is 1. The van der Waals surface area contributed by atoms with Gasteiger partial charge in [0.05, 0.1) is 11.9 Å². The number of aryl methyl sites for hydroxylation is 1. The number of rotatable bonds is 12. The summed E-state index contributed by atoms with van der Waals surface area (Å²) in [5, 5.41) is 3.03. The van der Waals surface area contributed by atoms with E-state index in [1.54, 1.807) is 24.3 Å². The van der Waals surface area contributed by atoms with Gasteiger partial charge in [-0.3, -0.25) is 13.9 Å². The highest BCUT2D eigenvalue weighted by Gasteiger charge is 2.33. The van der Waals surface area contributed by atoms with Gasteiger partial charge in [-0.2, -0.15) is 0 Å². The summed E-state index contributed by atoms with van der Waals surface area (Å²) in [5.74, 6) is -0.728. The molecular formula is C30H37N3O4S. The van der Waals surface area contributed by atoms with E-state index in [4.69, 9.17) is 0 Å². The Morgan fingerprint density at radius 3 is 1.95 bits per heavy atom. The molecular weight excluding hydrogens is 498 g/mol. The van der Waals surface area contributed by atoms with Crippen molar-refractivity contribution in [1.29, 1.82) is 0 Å². The van der Waals surface area contributed by atoms with Crippen molar-refractivity contribution in [2.24, 2.45) is 0 Å². The minimum absolute atomic E-state index is 0.0745. The van der Waals surface area contributed by atoms with Crippen LogP contribution < -0.4 is 9.62 Å². The van der Waals surface area contributed by atoms with Crippen LogP contribution in [0.1, 0.15) is 37.0 Å². The maximum absolute atomic E-state index is 14.0. The standard InChI is InChI=1S/C30H37N3O4S/c1-5-24(3)31-30(35)28(20-25-12-8-6-9-13-25)32(21-26-14-10-7-11-15-26)29(34)22-33(38(4,36)37)27-18-16-23(2)17-19-27/h6-19,24,28H,5,20-22H2,1-4H3,(H,31,35)/t24-,28-/m1/s1. The van der Waals surface area contributed by atoms with E-state index in [2.05, 4.69) is 5.32 Å². The minimum atomic E-state index is -3.77. The van der Waals surface area contributed by atoms with E-state index < -0.39 is 28.5 Å². The van der Waals surface area contributed by atoms with Gasteiger partial charge in [0.25, 0.3) is 0 Å². The molecule has 0 heterocycles. The third kappa shape index (κ3) is 8.18. The Hall–Kier alpha value is -3.65. The molecule has 3 aromatic rings. The van der Waals surface area contributed by atoms with E-state index in [9.17, 15) is 18.0 Å². The van der Waals surface area contributed by atoms with Gasteiger partial charge in [0, 0.05) is 19.0 Å². The lowest BCUT2D eigenvalue weighted by atomic mass is 10.0. The van der Waals surface area contributed by atoms with Gasteiger partial charge in [-0.05, 0) is 43.5 Å². The Labute approximate surface area is 226 Å². The number of nitrogens with one attached hydrogen (secondary N) is 1. The van der Waals surface area contributed by atoms with Gasteiger partial charge < -0.3 is 10.2 Å². The average Bonchev–Trinajstić information content (AvgIpc) is 2.90. The quantitative estimate of drug-likeness (QED) is 0.374. The number of carbonyl (C=O) groups is 2. The molecule has 0 aliphatic carbocycles. The van der Waals surface area contributed by atoms with E-state index in [0.29, 0.717) is 12.1 Å². The molecule has 0 saturated heterocycles. The second-order valence-electron chi connectivity index (χ2n) is 9.64. The van der Waals surface area contributed by atoms with Crippen LogP contribution in [0.25, 0.3) is 0 Å². The van der Waals surface area contributed by atoms with Gasteiger partial charge in [0.1, 0.15) is 12.6 Å². The van der Waals surface area contributed by atoms with E-state index in [1.807, 2.05) is 81.4 Å². The number of benzene rings is 3. The summed E-state index contributed by atoms with van der Waals surface area (Å²) < 4.78 is 26.7. The zero-order valence-corrected chi connectivity index (χ0v) is 23.3. The summed E-state index contributed by atoms with van der Waals surface area (Å²) >= 11 is 0. The topological polar surface area (TPSA) is 86.8 Å². The van der Waals surface area contributed by atoms with Gasteiger partial charge in [-0.15, -0.1) is 0 Å².